The van der Waals surface area contributed by atoms with Gasteiger partial charge in [0.15, 0.2) is 5.13 Å². The number of rotatable bonds is 4. The van der Waals surface area contributed by atoms with E-state index in [2.05, 4.69) is 4.98 Å². The fourth-order valence-electron chi connectivity index (χ4n) is 1.12. The summed E-state index contributed by atoms with van der Waals surface area (Å²) in [4.78, 5) is 27.6. The van der Waals surface area contributed by atoms with Gasteiger partial charge in [0.1, 0.15) is 12.2 Å². The number of alkyl halides is 3. The number of hydrogen-bond acceptors (Lipinski definition) is 5. The maximum absolute atomic E-state index is 11.9. The van der Waals surface area contributed by atoms with Gasteiger partial charge in [-0.05, 0) is 0 Å². The molecule has 106 valence electrons. The Morgan fingerprint density at radius 1 is 1.53 bits per heavy atom. The Hall–Kier alpha value is -1.84. The van der Waals surface area contributed by atoms with Crippen LogP contribution in [0.25, 0.3) is 0 Å². The number of nitrogens with zero attached hydrogens (tertiary/aromatic N) is 2. The molecule has 0 atom stereocenters. The summed E-state index contributed by atoms with van der Waals surface area (Å²) < 4.78 is 35.6. The van der Waals surface area contributed by atoms with Crippen LogP contribution in [0.5, 0.6) is 0 Å². The van der Waals surface area contributed by atoms with Gasteiger partial charge in [-0.15, -0.1) is 11.3 Å². The van der Waals surface area contributed by atoms with Crippen LogP contribution in [0, 0.1) is 0 Å². The van der Waals surface area contributed by atoms with Crippen molar-refractivity contribution in [3.8, 4) is 0 Å². The summed E-state index contributed by atoms with van der Waals surface area (Å²) in [6.07, 6.45) is -4.48. The molecule has 0 radical (unpaired) electrons. The number of carbonyl (C=O) groups excluding carboxylic acids is 2. The molecule has 0 bridgehead atoms. The van der Waals surface area contributed by atoms with Crippen LogP contribution in [-0.2, 0) is 4.79 Å². The highest BCUT2D eigenvalue weighted by atomic mass is 32.1. The number of halogens is 3. The highest BCUT2D eigenvalue weighted by molar-refractivity contribution is 7.13. The molecule has 0 unspecified atom stereocenters. The van der Waals surface area contributed by atoms with Gasteiger partial charge in [0.05, 0.1) is 6.54 Å². The highest BCUT2D eigenvalue weighted by Crippen LogP contribution is 2.13. The quantitative estimate of drug-likeness (QED) is 0.845. The lowest BCUT2D eigenvalue weighted by Gasteiger charge is -2.16. The van der Waals surface area contributed by atoms with Crippen molar-refractivity contribution in [3.63, 3.8) is 0 Å². The van der Waals surface area contributed by atoms with Crippen LogP contribution in [0.3, 0.4) is 0 Å². The number of thiazole rings is 1. The van der Waals surface area contributed by atoms with Crippen molar-refractivity contribution < 1.29 is 22.8 Å². The summed E-state index contributed by atoms with van der Waals surface area (Å²) in [5.74, 6) is -1.49. The first kappa shape index (κ1) is 15.2. The summed E-state index contributed by atoms with van der Waals surface area (Å²) in [6, 6.07) is 0. The Balaban J connectivity index is 2.48. The minimum atomic E-state index is -4.48. The number of amides is 2. The summed E-state index contributed by atoms with van der Waals surface area (Å²) in [5, 5.41) is 3.26. The third kappa shape index (κ3) is 5.12. The topological polar surface area (TPSA) is 88.3 Å². The molecule has 0 spiro atoms. The first-order valence-corrected chi connectivity index (χ1v) is 5.87. The molecule has 10 heteroatoms. The smallest absolute Gasteiger partial charge is 0.375 e. The number of hydrogen-bond donors (Lipinski definition) is 2. The predicted octanol–water partition coefficient (Wildman–Crippen LogP) is 0.476. The number of likely N-dealkylation sites (N-methyl/N-ethyl adjacent to an activating group) is 1. The lowest BCUT2D eigenvalue weighted by atomic mass is 10.4. The Labute approximate surface area is 110 Å². The van der Waals surface area contributed by atoms with Crippen LogP contribution in [-0.4, -0.2) is 48.0 Å². The third-order valence-electron chi connectivity index (χ3n) is 1.95. The largest absolute Gasteiger partial charge is 0.405 e. The van der Waals surface area contributed by atoms with E-state index in [-0.39, 0.29) is 10.8 Å². The highest BCUT2D eigenvalue weighted by Gasteiger charge is 2.28. The standard InChI is InChI=1S/C9H11F3N4O2S/c1-16(2-6(17)14-4-9(10,11)12)7(18)5-3-19-8(13)15-5/h3H,2,4H2,1H3,(H2,13,15)(H,14,17). The van der Waals surface area contributed by atoms with Crippen molar-refractivity contribution in [2.75, 3.05) is 25.9 Å². The number of nitrogens with two attached hydrogens (primary N) is 1. The molecule has 0 saturated carbocycles. The molecule has 1 rings (SSSR count). The zero-order valence-electron chi connectivity index (χ0n) is 9.82. The molecule has 19 heavy (non-hydrogen) atoms. The second-order valence-electron chi connectivity index (χ2n) is 3.62. The predicted molar refractivity (Wildman–Crippen MR) is 62.6 cm³/mol. The molecule has 0 fully saturated rings. The van der Waals surface area contributed by atoms with Crippen molar-refractivity contribution in [3.05, 3.63) is 11.1 Å². The van der Waals surface area contributed by atoms with Gasteiger partial charge in [-0.3, -0.25) is 9.59 Å². The second-order valence-corrected chi connectivity index (χ2v) is 4.51. The first-order chi connectivity index (χ1) is 8.69. The third-order valence-corrected chi connectivity index (χ3v) is 2.63. The minimum absolute atomic E-state index is 0.0496. The van der Waals surface area contributed by atoms with Gasteiger partial charge in [0.25, 0.3) is 5.91 Å². The number of anilines is 1. The van der Waals surface area contributed by atoms with E-state index < -0.39 is 31.1 Å². The van der Waals surface area contributed by atoms with E-state index in [1.54, 1.807) is 5.32 Å². The molecule has 0 aromatic carbocycles. The van der Waals surface area contributed by atoms with Gasteiger partial charge in [-0.1, -0.05) is 0 Å². The van der Waals surface area contributed by atoms with E-state index in [4.69, 9.17) is 5.73 Å². The summed E-state index contributed by atoms with van der Waals surface area (Å²) in [7, 11) is 1.28. The molecule has 3 N–H and O–H groups in total. The van der Waals surface area contributed by atoms with Crippen LogP contribution in [0.4, 0.5) is 18.3 Å². The van der Waals surface area contributed by atoms with Crippen molar-refractivity contribution in [2.24, 2.45) is 0 Å². The Bertz CT molecular complexity index is 474. The van der Waals surface area contributed by atoms with Gasteiger partial charge in [-0.2, -0.15) is 13.2 Å². The van der Waals surface area contributed by atoms with E-state index in [9.17, 15) is 22.8 Å². The van der Waals surface area contributed by atoms with E-state index in [0.29, 0.717) is 0 Å². The minimum Gasteiger partial charge on any atom is -0.375 e. The van der Waals surface area contributed by atoms with Crippen molar-refractivity contribution in [1.82, 2.24) is 15.2 Å². The molecule has 2 amide bonds. The molecule has 1 aromatic rings. The summed E-state index contributed by atoms with van der Waals surface area (Å²) >= 11 is 1.05. The SMILES string of the molecule is CN(CC(=O)NCC(F)(F)F)C(=O)c1csc(N)n1. The number of nitrogens with one attached hydrogen (secondary N) is 1. The van der Waals surface area contributed by atoms with Gasteiger partial charge < -0.3 is 16.0 Å². The lowest BCUT2D eigenvalue weighted by Crippen LogP contribution is -2.41. The van der Waals surface area contributed by atoms with E-state index in [1.165, 1.54) is 12.4 Å². The van der Waals surface area contributed by atoms with Gasteiger partial charge >= 0.3 is 6.18 Å². The molecule has 0 aliphatic heterocycles. The Morgan fingerprint density at radius 3 is 2.63 bits per heavy atom. The average molecular weight is 296 g/mol. The number of aromatic nitrogens is 1. The first-order valence-electron chi connectivity index (χ1n) is 4.99. The van der Waals surface area contributed by atoms with Crippen LogP contribution in [0.2, 0.25) is 0 Å². The maximum Gasteiger partial charge on any atom is 0.405 e. The number of nitrogen functional groups attached to an aromatic ring is 1. The van der Waals surface area contributed by atoms with Gasteiger partial charge in [0.2, 0.25) is 5.91 Å². The van der Waals surface area contributed by atoms with Crippen molar-refractivity contribution >= 4 is 28.3 Å². The zero-order chi connectivity index (χ0) is 14.6. The van der Waals surface area contributed by atoms with E-state index in [1.807, 2.05) is 0 Å². The fraction of sp³-hybridized carbons (Fsp3) is 0.444. The molecule has 0 saturated heterocycles. The van der Waals surface area contributed by atoms with Crippen LogP contribution >= 0.6 is 11.3 Å². The lowest BCUT2D eigenvalue weighted by molar-refractivity contribution is -0.138. The maximum atomic E-state index is 11.9. The van der Waals surface area contributed by atoms with Crippen LogP contribution in [0.1, 0.15) is 10.5 Å². The molecule has 0 aliphatic rings. The Kier molecular flexibility index (Phi) is 4.70. The number of carbonyl (C=O) groups is 2. The Morgan fingerprint density at radius 2 is 2.16 bits per heavy atom. The summed E-state index contributed by atoms with van der Waals surface area (Å²) in [5.41, 5.74) is 5.40. The van der Waals surface area contributed by atoms with Gasteiger partial charge in [0, 0.05) is 12.4 Å². The van der Waals surface area contributed by atoms with Crippen LogP contribution in [0.15, 0.2) is 5.38 Å². The van der Waals surface area contributed by atoms with Gasteiger partial charge in [-0.25, -0.2) is 4.98 Å². The molecule has 1 aromatic heterocycles. The molecule has 6 nitrogen and oxygen atoms in total. The average Bonchev–Trinajstić information content (AvgIpc) is 2.71. The molecular formula is C9H11F3N4O2S. The van der Waals surface area contributed by atoms with Crippen LogP contribution < -0.4 is 11.1 Å². The molecule has 1 heterocycles. The monoisotopic (exact) mass is 296 g/mol. The zero-order valence-corrected chi connectivity index (χ0v) is 10.6. The fourth-order valence-corrected chi connectivity index (χ4v) is 1.66. The van der Waals surface area contributed by atoms with Crippen molar-refractivity contribution in [1.29, 1.82) is 0 Å². The van der Waals surface area contributed by atoms with Crippen molar-refractivity contribution in [2.45, 2.75) is 6.18 Å². The second kappa shape index (κ2) is 5.87. The molecular weight excluding hydrogens is 285 g/mol. The normalized spacial score (nSPS) is 11.2. The summed E-state index contributed by atoms with van der Waals surface area (Å²) in [6.45, 7) is -1.93. The van der Waals surface area contributed by atoms with E-state index >= 15 is 0 Å². The van der Waals surface area contributed by atoms with E-state index in [0.717, 1.165) is 16.2 Å². The molecule has 0 aliphatic carbocycles.